The molecule has 1 heterocycles. The smallest absolute Gasteiger partial charge is 0.347 e. The SMILES string of the molecule is C[C@@H]1NC(=O)C[C@H](C(F)(F)F)[C@H]1[N+](=O)[O-]. The van der Waals surface area contributed by atoms with Crippen LogP contribution in [0, 0.1) is 16.0 Å². The van der Waals surface area contributed by atoms with E-state index in [-0.39, 0.29) is 0 Å². The zero-order chi connectivity index (χ0) is 11.8. The van der Waals surface area contributed by atoms with Crippen molar-refractivity contribution in [1.29, 1.82) is 0 Å². The van der Waals surface area contributed by atoms with Gasteiger partial charge in [-0.25, -0.2) is 0 Å². The summed E-state index contributed by atoms with van der Waals surface area (Å²) in [5.74, 6) is -3.00. The van der Waals surface area contributed by atoms with Crippen molar-refractivity contribution in [3.8, 4) is 0 Å². The molecule has 5 nitrogen and oxygen atoms in total. The number of amides is 1. The highest BCUT2D eigenvalue weighted by molar-refractivity contribution is 5.77. The molecule has 0 aliphatic carbocycles. The van der Waals surface area contributed by atoms with Gasteiger partial charge in [0.05, 0.1) is 6.04 Å². The van der Waals surface area contributed by atoms with Crippen molar-refractivity contribution in [1.82, 2.24) is 5.32 Å². The van der Waals surface area contributed by atoms with Gasteiger partial charge in [0.2, 0.25) is 11.9 Å². The lowest BCUT2D eigenvalue weighted by molar-refractivity contribution is -0.546. The second-order valence-corrected chi connectivity index (χ2v) is 3.48. The monoisotopic (exact) mass is 226 g/mol. The average molecular weight is 226 g/mol. The molecule has 0 aromatic rings. The Kier molecular flexibility index (Phi) is 2.87. The van der Waals surface area contributed by atoms with Crippen molar-refractivity contribution >= 4 is 5.91 Å². The second kappa shape index (κ2) is 3.67. The predicted octanol–water partition coefficient (Wildman–Crippen LogP) is 0.719. The van der Waals surface area contributed by atoms with Crippen LogP contribution in [0.25, 0.3) is 0 Å². The summed E-state index contributed by atoms with van der Waals surface area (Å²) in [7, 11) is 0. The fraction of sp³-hybridized carbons (Fsp3) is 0.857. The van der Waals surface area contributed by atoms with E-state index in [1.165, 1.54) is 6.92 Å². The van der Waals surface area contributed by atoms with E-state index in [0.717, 1.165) is 0 Å². The van der Waals surface area contributed by atoms with Gasteiger partial charge in [0, 0.05) is 11.3 Å². The fourth-order valence-corrected chi connectivity index (χ4v) is 1.71. The Balaban J connectivity index is 2.97. The maximum Gasteiger partial charge on any atom is 0.398 e. The van der Waals surface area contributed by atoms with Crippen LogP contribution in [-0.2, 0) is 4.79 Å². The van der Waals surface area contributed by atoms with Gasteiger partial charge in [-0.3, -0.25) is 14.9 Å². The first-order chi connectivity index (χ1) is 6.73. The topological polar surface area (TPSA) is 72.2 Å². The normalized spacial score (nSPS) is 32.3. The Morgan fingerprint density at radius 1 is 1.53 bits per heavy atom. The number of nitrogens with zero attached hydrogens (tertiary/aromatic N) is 1. The van der Waals surface area contributed by atoms with E-state index in [0.29, 0.717) is 0 Å². The third-order valence-electron chi connectivity index (χ3n) is 2.38. The number of hydrogen-bond donors (Lipinski definition) is 1. The van der Waals surface area contributed by atoms with Gasteiger partial charge in [0.1, 0.15) is 5.92 Å². The molecule has 1 amide bonds. The predicted molar refractivity (Wildman–Crippen MR) is 42.5 cm³/mol. The first kappa shape index (κ1) is 11.7. The van der Waals surface area contributed by atoms with E-state index in [1.807, 2.05) is 0 Å². The molecule has 0 saturated carbocycles. The zero-order valence-electron chi connectivity index (χ0n) is 7.75. The van der Waals surface area contributed by atoms with E-state index >= 15 is 0 Å². The summed E-state index contributed by atoms with van der Waals surface area (Å²) in [4.78, 5) is 20.4. The molecule has 1 saturated heterocycles. The molecule has 1 aliphatic heterocycles. The number of rotatable bonds is 1. The molecule has 8 heteroatoms. The number of piperidine rings is 1. The minimum absolute atomic E-state index is 0.803. The summed E-state index contributed by atoms with van der Waals surface area (Å²) in [5.41, 5.74) is 0. The molecule has 0 aromatic carbocycles. The van der Waals surface area contributed by atoms with Crippen molar-refractivity contribution in [2.24, 2.45) is 5.92 Å². The molecule has 1 fully saturated rings. The average Bonchev–Trinajstić information content (AvgIpc) is 1.99. The summed E-state index contributed by atoms with van der Waals surface area (Å²) >= 11 is 0. The first-order valence-corrected chi connectivity index (χ1v) is 4.23. The largest absolute Gasteiger partial charge is 0.398 e. The van der Waals surface area contributed by atoms with Crippen LogP contribution in [0.4, 0.5) is 13.2 Å². The quantitative estimate of drug-likeness (QED) is 0.528. The summed E-state index contributed by atoms with van der Waals surface area (Å²) in [5, 5.41) is 12.6. The van der Waals surface area contributed by atoms with Crippen LogP contribution >= 0.6 is 0 Å². The molecule has 0 radical (unpaired) electrons. The molecular formula is C7H9F3N2O3. The molecule has 3 atom stereocenters. The summed E-state index contributed by atoms with van der Waals surface area (Å²) in [6.45, 7) is 1.20. The zero-order valence-corrected chi connectivity index (χ0v) is 7.75. The minimum Gasteiger partial charge on any atom is -0.347 e. The van der Waals surface area contributed by atoms with Crippen LogP contribution < -0.4 is 5.32 Å². The molecule has 0 unspecified atom stereocenters. The van der Waals surface area contributed by atoms with Crippen LogP contribution in [0.5, 0.6) is 0 Å². The van der Waals surface area contributed by atoms with E-state index in [2.05, 4.69) is 5.32 Å². The lowest BCUT2D eigenvalue weighted by atomic mass is 9.87. The van der Waals surface area contributed by atoms with Gasteiger partial charge in [-0.05, 0) is 6.92 Å². The molecule has 1 rings (SSSR count). The van der Waals surface area contributed by atoms with Gasteiger partial charge in [0.25, 0.3) is 0 Å². The van der Waals surface area contributed by atoms with Crippen molar-refractivity contribution in [3.63, 3.8) is 0 Å². The molecule has 1 aliphatic rings. The van der Waals surface area contributed by atoms with Gasteiger partial charge in [-0.2, -0.15) is 13.2 Å². The number of nitrogens with one attached hydrogen (secondary N) is 1. The first-order valence-electron chi connectivity index (χ1n) is 4.23. The number of carbonyl (C=O) groups is 1. The van der Waals surface area contributed by atoms with Crippen molar-refractivity contribution in [2.75, 3.05) is 0 Å². The van der Waals surface area contributed by atoms with Crippen LogP contribution in [0.2, 0.25) is 0 Å². The summed E-state index contributed by atoms with van der Waals surface area (Å²) in [6.07, 6.45) is -5.59. The maximum absolute atomic E-state index is 12.4. The number of halogens is 3. The standard InChI is InChI=1S/C7H9F3N2O3/c1-3-6(12(14)15)4(7(8,9)10)2-5(13)11-3/h3-4,6H,2H2,1H3,(H,11,13)/t3-,4-,6-/m0/s1. The highest BCUT2D eigenvalue weighted by Gasteiger charge is 2.56. The molecule has 1 N–H and O–H groups in total. The van der Waals surface area contributed by atoms with Crippen LogP contribution in [-0.4, -0.2) is 29.1 Å². The van der Waals surface area contributed by atoms with Gasteiger partial charge in [-0.15, -0.1) is 0 Å². The highest BCUT2D eigenvalue weighted by Crippen LogP contribution is 2.35. The molecule has 15 heavy (non-hydrogen) atoms. The maximum atomic E-state index is 12.4. The van der Waals surface area contributed by atoms with E-state index in [1.54, 1.807) is 0 Å². The Hall–Kier alpha value is -1.34. The van der Waals surface area contributed by atoms with Crippen molar-refractivity contribution in [2.45, 2.75) is 31.6 Å². The van der Waals surface area contributed by atoms with Gasteiger partial charge < -0.3 is 5.32 Å². The van der Waals surface area contributed by atoms with E-state index in [4.69, 9.17) is 0 Å². The third kappa shape index (κ3) is 2.37. The lowest BCUT2D eigenvalue weighted by Crippen LogP contribution is -2.58. The number of alkyl halides is 3. The number of carbonyl (C=O) groups excluding carboxylic acids is 1. The molecule has 0 spiro atoms. The second-order valence-electron chi connectivity index (χ2n) is 3.48. The van der Waals surface area contributed by atoms with Crippen LogP contribution in [0.15, 0.2) is 0 Å². The molecule has 86 valence electrons. The Labute approximate surface area is 82.8 Å². The Bertz CT molecular complexity index is 292. The summed E-state index contributed by atoms with van der Waals surface area (Å²) < 4.78 is 37.2. The minimum atomic E-state index is -4.72. The van der Waals surface area contributed by atoms with Gasteiger partial charge in [0.15, 0.2) is 0 Å². The van der Waals surface area contributed by atoms with Crippen molar-refractivity contribution in [3.05, 3.63) is 10.1 Å². The number of hydrogen-bond acceptors (Lipinski definition) is 3. The highest BCUT2D eigenvalue weighted by atomic mass is 19.4. The van der Waals surface area contributed by atoms with Crippen molar-refractivity contribution < 1.29 is 22.9 Å². The van der Waals surface area contributed by atoms with E-state index < -0.39 is 41.4 Å². The van der Waals surface area contributed by atoms with Gasteiger partial charge >= 0.3 is 6.18 Å². The van der Waals surface area contributed by atoms with E-state index in [9.17, 15) is 28.1 Å². The summed E-state index contributed by atoms with van der Waals surface area (Å²) in [6, 6.07) is -2.91. The molecule has 0 aromatic heterocycles. The third-order valence-corrected chi connectivity index (χ3v) is 2.38. The van der Waals surface area contributed by atoms with Crippen LogP contribution in [0.3, 0.4) is 0 Å². The Morgan fingerprint density at radius 3 is 2.47 bits per heavy atom. The molecular weight excluding hydrogens is 217 g/mol. The molecule has 0 bridgehead atoms. The van der Waals surface area contributed by atoms with Gasteiger partial charge in [-0.1, -0.05) is 0 Å². The fourth-order valence-electron chi connectivity index (χ4n) is 1.71. The van der Waals surface area contributed by atoms with Crippen LogP contribution in [0.1, 0.15) is 13.3 Å². The number of nitro groups is 1. The Morgan fingerprint density at radius 2 is 2.07 bits per heavy atom. The lowest BCUT2D eigenvalue weighted by Gasteiger charge is -2.31.